The van der Waals surface area contributed by atoms with E-state index in [1.54, 1.807) is 0 Å². The molecule has 1 unspecified atom stereocenters. The number of aryl methyl sites for hydroxylation is 1. The molecular weight excluding hydrogens is 295 g/mol. The van der Waals surface area contributed by atoms with Gasteiger partial charge in [0.15, 0.2) is 0 Å². The highest BCUT2D eigenvalue weighted by atomic mass is 19.1. The fourth-order valence-electron chi connectivity index (χ4n) is 2.81. The van der Waals surface area contributed by atoms with Crippen LogP contribution in [0.15, 0.2) is 12.1 Å². The predicted octanol–water partition coefficient (Wildman–Crippen LogP) is 2.12. The number of carbonyl (C=O) groups is 2. The zero-order valence-corrected chi connectivity index (χ0v) is 11.9. The molecule has 1 aliphatic rings. The summed E-state index contributed by atoms with van der Waals surface area (Å²) in [4.78, 5) is 35.1. The van der Waals surface area contributed by atoms with Crippen LogP contribution < -0.4 is 0 Å². The minimum atomic E-state index is -1.05. The first-order chi connectivity index (χ1) is 10.3. The third-order valence-corrected chi connectivity index (χ3v) is 3.73. The maximum absolute atomic E-state index is 13.5. The van der Waals surface area contributed by atoms with E-state index in [2.05, 4.69) is 0 Å². The van der Waals surface area contributed by atoms with Crippen molar-refractivity contribution in [2.75, 3.05) is 6.54 Å². The molecule has 118 valence electrons. The van der Waals surface area contributed by atoms with E-state index in [0.717, 1.165) is 12.1 Å². The number of hydrogen-bond donors (Lipinski definition) is 1. The third-order valence-electron chi connectivity index (χ3n) is 3.73. The lowest BCUT2D eigenvalue weighted by Gasteiger charge is -2.23. The van der Waals surface area contributed by atoms with E-state index < -0.39 is 34.3 Å². The van der Waals surface area contributed by atoms with Gasteiger partial charge >= 0.3 is 5.97 Å². The van der Waals surface area contributed by atoms with Gasteiger partial charge in [0.25, 0.3) is 11.6 Å². The highest BCUT2D eigenvalue weighted by Gasteiger charge is 2.35. The number of aliphatic carboxylic acids is 1. The lowest BCUT2D eigenvalue weighted by atomic mass is 10.1. The van der Waals surface area contributed by atoms with Gasteiger partial charge in [0.1, 0.15) is 11.4 Å². The maximum Gasteiger partial charge on any atom is 0.305 e. The van der Waals surface area contributed by atoms with E-state index in [1.165, 1.54) is 11.8 Å². The molecule has 1 N–H and O–H groups in total. The van der Waals surface area contributed by atoms with Crippen LogP contribution in [0, 0.1) is 22.9 Å². The summed E-state index contributed by atoms with van der Waals surface area (Å²) in [6.45, 7) is 1.67. The number of hydrogen-bond acceptors (Lipinski definition) is 4. The molecule has 8 heteroatoms. The number of nitro benzene ring substituents is 1. The van der Waals surface area contributed by atoms with E-state index in [-0.39, 0.29) is 17.5 Å². The minimum absolute atomic E-state index is 0.0577. The highest BCUT2D eigenvalue weighted by molar-refractivity contribution is 5.99. The van der Waals surface area contributed by atoms with Crippen molar-refractivity contribution >= 4 is 17.6 Å². The molecule has 1 aromatic carbocycles. The van der Waals surface area contributed by atoms with Gasteiger partial charge in [-0.2, -0.15) is 0 Å². The van der Waals surface area contributed by atoms with Crippen LogP contribution in [-0.2, 0) is 4.79 Å². The van der Waals surface area contributed by atoms with E-state index >= 15 is 0 Å². The van der Waals surface area contributed by atoms with Crippen LogP contribution in [0.3, 0.4) is 0 Å². The summed E-state index contributed by atoms with van der Waals surface area (Å²) in [6, 6.07) is 1.31. The molecule has 1 heterocycles. The van der Waals surface area contributed by atoms with Crippen LogP contribution in [0.25, 0.3) is 0 Å². The number of carboxylic acid groups (broad SMARTS) is 1. The lowest BCUT2D eigenvalue weighted by molar-refractivity contribution is -0.385. The van der Waals surface area contributed by atoms with E-state index in [0.29, 0.717) is 19.4 Å². The number of likely N-dealkylation sites (tertiary alicyclic amines) is 1. The van der Waals surface area contributed by atoms with Gasteiger partial charge in [0.2, 0.25) is 0 Å². The van der Waals surface area contributed by atoms with Gasteiger partial charge in [-0.25, -0.2) is 4.39 Å². The second kappa shape index (κ2) is 6.08. The Bertz CT molecular complexity index is 646. The predicted molar refractivity (Wildman–Crippen MR) is 74.1 cm³/mol. The molecule has 0 aromatic heterocycles. The van der Waals surface area contributed by atoms with Gasteiger partial charge in [-0.3, -0.25) is 19.7 Å². The molecule has 1 aromatic rings. The second-order valence-electron chi connectivity index (χ2n) is 5.27. The summed E-state index contributed by atoms with van der Waals surface area (Å²) in [5.74, 6) is -2.48. The van der Waals surface area contributed by atoms with Crippen molar-refractivity contribution in [1.82, 2.24) is 4.90 Å². The normalized spacial score (nSPS) is 17.5. The number of halogens is 1. The molecule has 22 heavy (non-hydrogen) atoms. The number of amides is 1. The van der Waals surface area contributed by atoms with Crippen molar-refractivity contribution in [2.24, 2.45) is 0 Å². The molecular formula is C14H15FN2O5. The van der Waals surface area contributed by atoms with Crippen molar-refractivity contribution in [3.05, 3.63) is 39.2 Å². The second-order valence-corrected chi connectivity index (χ2v) is 5.27. The zero-order valence-electron chi connectivity index (χ0n) is 11.9. The highest BCUT2D eigenvalue weighted by Crippen LogP contribution is 2.29. The minimum Gasteiger partial charge on any atom is -0.481 e. The third kappa shape index (κ3) is 3.05. The summed E-state index contributed by atoms with van der Waals surface area (Å²) in [5.41, 5.74) is -0.713. The molecule has 1 aliphatic heterocycles. The monoisotopic (exact) mass is 310 g/mol. The summed E-state index contributed by atoms with van der Waals surface area (Å²) in [6.07, 6.45) is 0.903. The molecule has 1 fully saturated rings. The maximum atomic E-state index is 13.5. The van der Waals surface area contributed by atoms with Gasteiger partial charge in [-0.1, -0.05) is 0 Å². The number of carboxylic acids is 1. The van der Waals surface area contributed by atoms with Gasteiger partial charge < -0.3 is 10.0 Å². The molecule has 0 spiro atoms. The molecule has 0 radical (unpaired) electrons. The summed E-state index contributed by atoms with van der Waals surface area (Å²) < 4.78 is 13.5. The van der Waals surface area contributed by atoms with Gasteiger partial charge in [0.05, 0.1) is 11.3 Å². The van der Waals surface area contributed by atoms with Gasteiger partial charge in [-0.05, 0) is 31.9 Å². The number of carbonyl (C=O) groups excluding carboxylic acids is 1. The van der Waals surface area contributed by atoms with Crippen LogP contribution in [0.5, 0.6) is 0 Å². The smallest absolute Gasteiger partial charge is 0.305 e. The number of nitro groups is 1. The van der Waals surface area contributed by atoms with Crippen molar-refractivity contribution < 1.29 is 24.0 Å². The first kappa shape index (κ1) is 15.9. The Hall–Kier alpha value is -2.51. The Labute approximate surface area is 125 Å². The van der Waals surface area contributed by atoms with Crippen molar-refractivity contribution in [2.45, 2.75) is 32.2 Å². The van der Waals surface area contributed by atoms with Crippen LogP contribution in [0.1, 0.15) is 35.2 Å². The van der Waals surface area contributed by atoms with Crippen LogP contribution in [0.2, 0.25) is 0 Å². The quantitative estimate of drug-likeness (QED) is 0.678. The molecule has 2 rings (SSSR count). The SMILES string of the molecule is Cc1cc(F)cc(C(=O)N2CCCC2CC(=O)O)c1[N+](=O)[O-]. The summed E-state index contributed by atoms with van der Waals surface area (Å²) >= 11 is 0. The van der Waals surface area contributed by atoms with Crippen molar-refractivity contribution in [1.29, 1.82) is 0 Å². The first-order valence-corrected chi connectivity index (χ1v) is 6.78. The fraction of sp³-hybridized carbons (Fsp3) is 0.429. The largest absolute Gasteiger partial charge is 0.481 e. The number of nitrogens with zero attached hydrogens (tertiary/aromatic N) is 2. The number of benzene rings is 1. The lowest BCUT2D eigenvalue weighted by Crippen LogP contribution is -2.37. The molecule has 0 aliphatic carbocycles. The summed E-state index contributed by atoms with van der Waals surface area (Å²) in [5, 5.41) is 20.0. The van der Waals surface area contributed by atoms with Crippen LogP contribution >= 0.6 is 0 Å². The van der Waals surface area contributed by atoms with E-state index in [9.17, 15) is 24.1 Å². The average molecular weight is 310 g/mol. The van der Waals surface area contributed by atoms with E-state index in [4.69, 9.17) is 5.11 Å². The molecule has 1 atom stereocenters. The molecule has 7 nitrogen and oxygen atoms in total. The van der Waals surface area contributed by atoms with Gasteiger partial charge in [0, 0.05) is 18.2 Å². The average Bonchev–Trinajstić information content (AvgIpc) is 2.83. The fourth-order valence-corrected chi connectivity index (χ4v) is 2.81. The Morgan fingerprint density at radius 2 is 2.18 bits per heavy atom. The van der Waals surface area contributed by atoms with Crippen LogP contribution in [0.4, 0.5) is 10.1 Å². The van der Waals surface area contributed by atoms with Crippen molar-refractivity contribution in [3.63, 3.8) is 0 Å². The molecule has 0 saturated carbocycles. The molecule has 0 bridgehead atoms. The Morgan fingerprint density at radius 3 is 2.77 bits per heavy atom. The zero-order chi connectivity index (χ0) is 16.4. The Balaban J connectivity index is 2.40. The summed E-state index contributed by atoms with van der Waals surface area (Å²) in [7, 11) is 0. The topological polar surface area (TPSA) is 101 Å². The Morgan fingerprint density at radius 1 is 1.50 bits per heavy atom. The first-order valence-electron chi connectivity index (χ1n) is 6.78. The van der Waals surface area contributed by atoms with Crippen LogP contribution in [-0.4, -0.2) is 39.4 Å². The number of rotatable bonds is 4. The Kier molecular flexibility index (Phi) is 4.39. The van der Waals surface area contributed by atoms with Gasteiger partial charge in [-0.15, -0.1) is 0 Å². The molecule has 1 saturated heterocycles. The molecule has 1 amide bonds. The van der Waals surface area contributed by atoms with E-state index in [1.807, 2.05) is 0 Å². The van der Waals surface area contributed by atoms with Crippen molar-refractivity contribution in [3.8, 4) is 0 Å². The standard InChI is InChI=1S/C14H15FN2O5/c1-8-5-9(15)6-11(13(8)17(21)22)14(20)16-4-2-3-10(16)7-12(18)19/h5-6,10H,2-4,7H2,1H3,(H,18,19).